The number of hydrogen-bond donors (Lipinski definition) is 2. The van der Waals surface area contributed by atoms with Crippen molar-refractivity contribution in [1.29, 1.82) is 0 Å². The Morgan fingerprint density at radius 3 is 1.53 bits per heavy atom. The molecule has 1 aromatic carbocycles. The third-order valence-corrected chi connectivity index (χ3v) is 1.94. The lowest BCUT2D eigenvalue weighted by Gasteiger charge is -2.18. The Labute approximate surface area is 89.5 Å². The zero-order valence-corrected chi connectivity index (χ0v) is 7.75. The molecular weight excluding hydrogens is 259 g/mol. The minimum atomic E-state index is -5.29. The van der Waals surface area contributed by atoms with Crippen molar-refractivity contribution in [2.45, 2.75) is 12.2 Å². The molecule has 1 aromatic rings. The van der Waals surface area contributed by atoms with Gasteiger partial charge in [0.2, 0.25) is 11.6 Å². The molecular formula is C8H4F7NO. The number of aromatic hydroxyl groups is 1. The van der Waals surface area contributed by atoms with Crippen molar-refractivity contribution in [3.63, 3.8) is 0 Å². The summed E-state index contributed by atoms with van der Waals surface area (Å²) < 4.78 is 87.7. The molecule has 0 amide bonds. The molecule has 0 bridgehead atoms. The third-order valence-electron chi connectivity index (χ3n) is 1.94. The topological polar surface area (TPSA) is 46.2 Å². The monoisotopic (exact) mass is 263 g/mol. The van der Waals surface area contributed by atoms with Crippen LogP contribution in [0.1, 0.15) is 11.6 Å². The van der Waals surface area contributed by atoms with Crippen molar-refractivity contribution in [3.05, 3.63) is 28.8 Å². The van der Waals surface area contributed by atoms with Crippen LogP contribution in [0.2, 0.25) is 0 Å². The van der Waals surface area contributed by atoms with E-state index in [1.54, 1.807) is 0 Å². The summed E-state index contributed by atoms with van der Waals surface area (Å²) in [7, 11) is 0. The molecule has 0 unspecified atom stereocenters. The summed E-state index contributed by atoms with van der Waals surface area (Å²) in [6, 6.07) is -3.24. The van der Waals surface area contributed by atoms with Crippen molar-refractivity contribution < 1.29 is 35.8 Å². The van der Waals surface area contributed by atoms with Crippen LogP contribution < -0.4 is 5.73 Å². The molecule has 1 atom stereocenters. The maximum atomic E-state index is 13.0. The molecule has 0 heterocycles. The summed E-state index contributed by atoms with van der Waals surface area (Å²) in [5.74, 6) is -11.5. The normalized spacial score (nSPS) is 13.9. The van der Waals surface area contributed by atoms with Crippen LogP contribution >= 0.6 is 0 Å². The van der Waals surface area contributed by atoms with Crippen LogP contribution in [0.25, 0.3) is 0 Å². The van der Waals surface area contributed by atoms with E-state index in [2.05, 4.69) is 5.73 Å². The molecule has 1 rings (SSSR count). The molecule has 96 valence electrons. The molecule has 0 spiro atoms. The number of rotatable bonds is 1. The highest BCUT2D eigenvalue weighted by Gasteiger charge is 2.43. The van der Waals surface area contributed by atoms with Crippen LogP contribution in [0.5, 0.6) is 5.75 Å². The van der Waals surface area contributed by atoms with E-state index in [9.17, 15) is 30.7 Å². The first-order valence-electron chi connectivity index (χ1n) is 3.96. The van der Waals surface area contributed by atoms with Crippen LogP contribution in [0.4, 0.5) is 30.7 Å². The predicted molar refractivity (Wildman–Crippen MR) is 40.9 cm³/mol. The van der Waals surface area contributed by atoms with E-state index in [1.807, 2.05) is 0 Å². The Morgan fingerprint density at radius 1 is 0.882 bits per heavy atom. The highest BCUT2D eigenvalue weighted by molar-refractivity contribution is 5.35. The van der Waals surface area contributed by atoms with Gasteiger partial charge in [-0.2, -0.15) is 22.0 Å². The zero-order chi connectivity index (χ0) is 13.5. The molecule has 0 aliphatic carbocycles. The number of hydrogen-bond acceptors (Lipinski definition) is 2. The fourth-order valence-electron chi connectivity index (χ4n) is 1.07. The highest BCUT2D eigenvalue weighted by Crippen LogP contribution is 2.37. The van der Waals surface area contributed by atoms with E-state index >= 15 is 0 Å². The Bertz CT molecular complexity index is 427. The molecule has 0 saturated heterocycles. The lowest BCUT2D eigenvalue weighted by Crippen LogP contribution is -2.31. The first kappa shape index (κ1) is 13.6. The van der Waals surface area contributed by atoms with Crippen molar-refractivity contribution >= 4 is 0 Å². The maximum Gasteiger partial charge on any atom is 0.407 e. The van der Waals surface area contributed by atoms with Crippen LogP contribution in [0.3, 0.4) is 0 Å². The van der Waals surface area contributed by atoms with E-state index in [4.69, 9.17) is 5.11 Å². The average molecular weight is 263 g/mol. The van der Waals surface area contributed by atoms with Crippen LogP contribution in [0, 0.1) is 23.3 Å². The Kier molecular flexibility index (Phi) is 3.24. The van der Waals surface area contributed by atoms with Gasteiger partial charge in [-0.15, -0.1) is 0 Å². The van der Waals surface area contributed by atoms with Gasteiger partial charge in [-0.3, -0.25) is 0 Å². The van der Waals surface area contributed by atoms with Gasteiger partial charge in [0.1, 0.15) is 6.04 Å². The molecule has 0 aliphatic heterocycles. The quantitative estimate of drug-likeness (QED) is 0.604. The fourth-order valence-corrected chi connectivity index (χ4v) is 1.07. The maximum absolute atomic E-state index is 13.0. The van der Waals surface area contributed by atoms with Crippen molar-refractivity contribution in [2.75, 3.05) is 0 Å². The fraction of sp³-hybridized carbons (Fsp3) is 0.250. The van der Waals surface area contributed by atoms with E-state index in [-0.39, 0.29) is 0 Å². The summed E-state index contributed by atoms with van der Waals surface area (Å²) in [6.45, 7) is 0. The number of phenols is 1. The van der Waals surface area contributed by atoms with E-state index < -0.39 is 46.8 Å². The van der Waals surface area contributed by atoms with E-state index in [0.717, 1.165) is 0 Å². The number of benzene rings is 1. The van der Waals surface area contributed by atoms with Gasteiger partial charge in [-0.25, -0.2) is 8.78 Å². The summed E-state index contributed by atoms with van der Waals surface area (Å²) in [5.41, 5.74) is 2.42. The first-order chi connectivity index (χ1) is 7.59. The van der Waals surface area contributed by atoms with Gasteiger partial charge in [0.05, 0.1) is 5.56 Å². The smallest absolute Gasteiger partial charge is 0.407 e. The standard InChI is InChI=1S/C8H4F7NO/c9-2-1(7(16)8(13,14)15)3(10)5(12)6(17)4(2)11/h7,17H,16H2/t7-/m1/s1. The van der Waals surface area contributed by atoms with Gasteiger partial charge in [0.15, 0.2) is 17.4 Å². The lowest BCUT2D eigenvalue weighted by molar-refractivity contribution is -0.150. The number of alkyl halides is 3. The summed E-state index contributed by atoms with van der Waals surface area (Å²) in [5, 5.41) is 8.52. The lowest BCUT2D eigenvalue weighted by atomic mass is 10.0. The van der Waals surface area contributed by atoms with Gasteiger partial charge in [-0.1, -0.05) is 0 Å². The van der Waals surface area contributed by atoms with Gasteiger partial charge in [-0.05, 0) is 0 Å². The van der Waals surface area contributed by atoms with Crippen LogP contribution in [-0.4, -0.2) is 11.3 Å². The largest absolute Gasteiger partial charge is 0.503 e. The molecule has 0 aliphatic rings. The highest BCUT2D eigenvalue weighted by atomic mass is 19.4. The minimum absolute atomic E-state index is 2.02. The number of nitrogens with two attached hydrogens (primary N) is 1. The molecule has 0 fully saturated rings. The second kappa shape index (κ2) is 4.06. The summed E-state index contributed by atoms with van der Waals surface area (Å²) >= 11 is 0. The molecule has 3 N–H and O–H groups in total. The molecule has 17 heavy (non-hydrogen) atoms. The SMILES string of the molecule is N[C@H](c1c(F)c(F)c(O)c(F)c1F)C(F)(F)F. The third kappa shape index (κ3) is 2.14. The molecule has 0 aromatic heterocycles. The predicted octanol–water partition coefficient (Wildman–Crippen LogP) is 2.51. The number of phenolic OH excluding ortho intramolecular Hbond substituents is 1. The van der Waals surface area contributed by atoms with E-state index in [1.165, 1.54) is 0 Å². The van der Waals surface area contributed by atoms with Crippen molar-refractivity contribution in [3.8, 4) is 5.75 Å². The first-order valence-corrected chi connectivity index (χ1v) is 3.96. The molecule has 0 saturated carbocycles. The van der Waals surface area contributed by atoms with Crippen LogP contribution in [0.15, 0.2) is 0 Å². The second-order valence-corrected chi connectivity index (χ2v) is 3.04. The Hall–Kier alpha value is -1.51. The van der Waals surface area contributed by atoms with Gasteiger partial charge in [0.25, 0.3) is 0 Å². The number of halogens is 7. The molecule has 0 radical (unpaired) electrons. The summed E-state index contributed by atoms with van der Waals surface area (Å²) in [6.07, 6.45) is -5.29. The Balaban J connectivity index is 3.55. The van der Waals surface area contributed by atoms with Gasteiger partial charge in [0, 0.05) is 0 Å². The van der Waals surface area contributed by atoms with Gasteiger partial charge >= 0.3 is 6.18 Å². The summed E-state index contributed by atoms with van der Waals surface area (Å²) in [4.78, 5) is 0. The molecule has 9 heteroatoms. The Morgan fingerprint density at radius 2 is 1.24 bits per heavy atom. The minimum Gasteiger partial charge on any atom is -0.503 e. The van der Waals surface area contributed by atoms with Crippen molar-refractivity contribution in [2.24, 2.45) is 5.73 Å². The van der Waals surface area contributed by atoms with Crippen molar-refractivity contribution in [1.82, 2.24) is 0 Å². The second-order valence-electron chi connectivity index (χ2n) is 3.04. The zero-order valence-electron chi connectivity index (χ0n) is 7.75. The van der Waals surface area contributed by atoms with E-state index in [0.29, 0.717) is 0 Å². The van der Waals surface area contributed by atoms with Crippen LogP contribution in [-0.2, 0) is 0 Å². The average Bonchev–Trinajstić information content (AvgIpc) is 2.22. The molecule has 2 nitrogen and oxygen atoms in total. The van der Waals surface area contributed by atoms with Gasteiger partial charge < -0.3 is 10.8 Å².